The molecule has 2 unspecified atom stereocenters. The van der Waals surface area contributed by atoms with E-state index in [2.05, 4.69) is 97.4 Å². The number of hydrogen-bond acceptors (Lipinski definition) is 6. The summed E-state index contributed by atoms with van der Waals surface area (Å²) in [5.74, 6) is -2.52. The largest absolute Gasteiger partial charge is 0.480 e. The van der Waals surface area contributed by atoms with E-state index in [1.807, 2.05) is 12.2 Å². The van der Waals surface area contributed by atoms with Gasteiger partial charge >= 0.3 is 11.9 Å². The lowest BCUT2D eigenvalue weighted by molar-refractivity contribution is -0.147. The van der Waals surface area contributed by atoms with Gasteiger partial charge in [-0.15, -0.1) is 0 Å². The highest BCUT2D eigenvalue weighted by Crippen LogP contribution is 2.14. The predicted molar refractivity (Wildman–Crippen MR) is 240 cm³/mol. The van der Waals surface area contributed by atoms with Crippen molar-refractivity contribution in [3.8, 4) is 0 Å². The SMILES string of the molecule is CC/C=C\C/C=C\C/C=C\C/C=C\C(CCCCCC(=O)NCC(=O)NC(CO)C(=O)O)OC(=O)CCCCCCCC/C=C\C/C=C\C/C=C\CCCCCCC. The van der Waals surface area contributed by atoms with Crippen molar-refractivity contribution in [2.45, 2.75) is 187 Å². The van der Waals surface area contributed by atoms with E-state index in [1.54, 1.807) is 0 Å². The number of carbonyl (C=O) groups excluding carboxylic acids is 3. The number of carbonyl (C=O) groups is 4. The molecule has 2 atom stereocenters. The molecule has 0 aliphatic rings. The molecular weight excluding hydrogens is 729 g/mol. The van der Waals surface area contributed by atoms with Gasteiger partial charge in [0.2, 0.25) is 11.8 Å². The Kier molecular flexibility index (Phi) is 39.7. The van der Waals surface area contributed by atoms with Crippen LogP contribution < -0.4 is 10.6 Å². The fourth-order valence-electron chi connectivity index (χ4n) is 5.92. The van der Waals surface area contributed by atoms with E-state index < -0.39 is 24.5 Å². The molecule has 4 N–H and O–H groups in total. The van der Waals surface area contributed by atoms with Crippen LogP contribution in [0.25, 0.3) is 0 Å². The Morgan fingerprint density at radius 3 is 1.59 bits per heavy atom. The molecule has 0 heterocycles. The van der Waals surface area contributed by atoms with E-state index in [0.717, 1.165) is 77.0 Å². The smallest absolute Gasteiger partial charge is 0.328 e. The predicted octanol–water partition coefficient (Wildman–Crippen LogP) is 11.3. The Labute approximate surface area is 352 Å². The van der Waals surface area contributed by atoms with Crippen LogP contribution in [-0.2, 0) is 23.9 Å². The summed E-state index contributed by atoms with van der Waals surface area (Å²) in [6.07, 6.45) is 54.8. The summed E-state index contributed by atoms with van der Waals surface area (Å²) in [6, 6.07) is -1.41. The lowest BCUT2D eigenvalue weighted by Crippen LogP contribution is -2.47. The minimum atomic E-state index is -1.41. The molecule has 0 fully saturated rings. The highest BCUT2D eigenvalue weighted by molar-refractivity contribution is 5.87. The van der Waals surface area contributed by atoms with E-state index in [1.165, 1.54) is 57.8 Å². The van der Waals surface area contributed by atoms with Gasteiger partial charge in [0.1, 0.15) is 12.1 Å². The van der Waals surface area contributed by atoms with Gasteiger partial charge in [-0.1, -0.05) is 151 Å². The second-order valence-electron chi connectivity index (χ2n) is 14.8. The Morgan fingerprint density at radius 1 is 0.552 bits per heavy atom. The zero-order valence-electron chi connectivity index (χ0n) is 36.3. The summed E-state index contributed by atoms with van der Waals surface area (Å²) in [4.78, 5) is 47.7. The molecule has 2 amide bonds. The summed E-state index contributed by atoms with van der Waals surface area (Å²) in [7, 11) is 0. The first-order chi connectivity index (χ1) is 28.3. The monoisotopic (exact) mass is 809 g/mol. The molecule has 9 heteroatoms. The number of carboxylic acids is 1. The van der Waals surface area contributed by atoms with E-state index in [-0.39, 0.29) is 30.9 Å². The van der Waals surface area contributed by atoms with Crippen LogP contribution in [0.5, 0.6) is 0 Å². The zero-order chi connectivity index (χ0) is 42.6. The molecule has 328 valence electrons. The van der Waals surface area contributed by atoms with Crippen molar-refractivity contribution in [3.63, 3.8) is 0 Å². The molecule has 0 rings (SSSR count). The third kappa shape index (κ3) is 38.9. The van der Waals surface area contributed by atoms with E-state index in [4.69, 9.17) is 14.9 Å². The molecule has 0 saturated heterocycles. The van der Waals surface area contributed by atoms with Crippen molar-refractivity contribution in [2.24, 2.45) is 0 Å². The number of amides is 2. The lowest BCUT2D eigenvalue weighted by atomic mass is 10.1. The fourth-order valence-corrected chi connectivity index (χ4v) is 5.92. The number of hydrogen-bond donors (Lipinski definition) is 4. The number of nitrogens with one attached hydrogen (secondary N) is 2. The molecule has 0 spiro atoms. The van der Waals surface area contributed by atoms with Gasteiger partial charge in [-0.05, 0) is 96.0 Å². The van der Waals surface area contributed by atoms with Gasteiger partial charge in [-0.3, -0.25) is 14.4 Å². The molecule has 0 aromatic carbocycles. The van der Waals surface area contributed by atoms with Crippen molar-refractivity contribution in [1.29, 1.82) is 0 Å². The first-order valence-corrected chi connectivity index (χ1v) is 22.5. The normalized spacial score (nSPS) is 13.3. The average molecular weight is 809 g/mol. The third-order valence-corrected chi connectivity index (χ3v) is 9.36. The van der Waals surface area contributed by atoms with Gasteiger partial charge in [0.15, 0.2) is 0 Å². The highest BCUT2D eigenvalue weighted by Gasteiger charge is 2.18. The van der Waals surface area contributed by atoms with Gasteiger partial charge in [-0.25, -0.2) is 4.79 Å². The maximum Gasteiger partial charge on any atom is 0.328 e. The highest BCUT2D eigenvalue weighted by atomic mass is 16.5. The minimum absolute atomic E-state index is 0.176. The van der Waals surface area contributed by atoms with Crippen molar-refractivity contribution in [1.82, 2.24) is 10.6 Å². The van der Waals surface area contributed by atoms with Gasteiger partial charge < -0.3 is 25.6 Å². The van der Waals surface area contributed by atoms with Crippen LogP contribution >= 0.6 is 0 Å². The van der Waals surface area contributed by atoms with E-state index in [0.29, 0.717) is 19.3 Å². The lowest BCUT2D eigenvalue weighted by Gasteiger charge is -2.15. The minimum Gasteiger partial charge on any atom is -0.480 e. The van der Waals surface area contributed by atoms with Crippen LogP contribution in [-0.4, -0.2) is 59.3 Å². The number of rotatable bonds is 39. The standard InChI is InChI=1S/C49H80N2O7/c1-3-5-7-9-11-13-15-16-17-18-19-20-21-22-23-24-26-28-30-32-37-41-48(55)58-44(38-34-31-29-27-25-14-12-10-8-6-4-2)39-35-33-36-40-46(53)50-42-47(54)51-45(43-52)49(56)57/h6,8,12,14-16,18-19,21-22,27,29,34,38,44-45,52H,3-5,7,9-11,13,17,20,23-26,28,30-33,35-37,39-43H2,1-2H3,(H,50,53)(H,51,54)(H,56,57)/b8-6-,14-12-,16-15-,19-18-,22-21-,29-27-,38-34-. The van der Waals surface area contributed by atoms with Crippen LogP contribution in [0.2, 0.25) is 0 Å². The summed E-state index contributed by atoms with van der Waals surface area (Å²) in [5.41, 5.74) is 0. The summed E-state index contributed by atoms with van der Waals surface area (Å²) in [6.45, 7) is 3.28. The molecular formula is C49H80N2O7. The number of carboxylic acid groups (broad SMARTS) is 1. The quantitative estimate of drug-likeness (QED) is 0.0275. The van der Waals surface area contributed by atoms with Crippen LogP contribution in [0.3, 0.4) is 0 Å². The number of esters is 1. The Hall–Kier alpha value is -3.98. The molecule has 0 radical (unpaired) electrons. The van der Waals surface area contributed by atoms with E-state index in [9.17, 15) is 19.2 Å². The topological polar surface area (TPSA) is 142 Å². The number of ether oxygens (including phenoxy) is 1. The first kappa shape index (κ1) is 54.0. The first-order valence-electron chi connectivity index (χ1n) is 22.5. The number of aliphatic hydroxyl groups excluding tert-OH is 1. The molecule has 0 aromatic rings. The second-order valence-corrected chi connectivity index (χ2v) is 14.8. The maximum absolute atomic E-state index is 12.8. The zero-order valence-corrected chi connectivity index (χ0v) is 36.3. The summed E-state index contributed by atoms with van der Waals surface area (Å²) < 4.78 is 5.87. The number of unbranched alkanes of at least 4 members (excludes halogenated alkanes) is 13. The van der Waals surface area contributed by atoms with Crippen molar-refractivity contribution < 1.29 is 34.1 Å². The fraction of sp³-hybridized carbons (Fsp3) is 0.633. The van der Waals surface area contributed by atoms with E-state index >= 15 is 0 Å². The van der Waals surface area contributed by atoms with Gasteiger partial charge in [0, 0.05) is 12.8 Å². The second kappa shape index (κ2) is 42.6. The maximum atomic E-state index is 12.8. The van der Waals surface area contributed by atoms with Crippen LogP contribution in [0.1, 0.15) is 174 Å². The number of aliphatic carboxylic acids is 1. The van der Waals surface area contributed by atoms with Crippen LogP contribution in [0.4, 0.5) is 0 Å². The van der Waals surface area contributed by atoms with Crippen molar-refractivity contribution in [3.05, 3.63) is 85.1 Å². The summed E-state index contributed by atoms with van der Waals surface area (Å²) in [5, 5.41) is 22.6. The Balaban J connectivity index is 4.41. The Morgan fingerprint density at radius 2 is 1.03 bits per heavy atom. The van der Waals surface area contributed by atoms with Crippen LogP contribution in [0.15, 0.2) is 85.1 Å². The molecule has 0 bridgehead atoms. The average Bonchev–Trinajstić information content (AvgIpc) is 3.21. The molecule has 0 saturated carbocycles. The van der Waals surface area contributed by atoms with Crippen molar-refractivity contribution >= 4 is 23.8 Å². The number of allylic oxidation sites excluding steroid dienone is 13. The third-order valence-electron chi connectivity index (χ3n) is 9.36. The van der Waals surface area contributed by atoms with Gasteiger partial charge in [-0.2, -0.15) is 0 Å². The number of aliphatic hydroxyl groups is 1. The molecule has 0 aliphatic carbocycles. The van der Waals surface area contributed by atoms with Crippen molar-refractivity contribution in [2.75, 3.05) is 13.2 Å². The van der Waals surface area contributed by atoms with Gasteiger partial charge in [0.25, 0.3) is 0 Å². The molecule has 9 nitrogen and oxygen atoms in total. The van der Waals surface area contributed by atoms with Gasteiger partial charge in [0.05, 0.1) is 13.2 Å². The summed E-state index contributed by atoms with van der Waals surface area (Å²) >= 11 is 0. The molecule has 58 heavy (non-hydrogen) atoms. The van der Waals surface area contributed by atoms with Crippen LogP contribution in [0, 0.1) is 0 Å². The molecule has 0 aromatic heterocycles. The molecule has 0 aliphatic heterocycles. The Bertz CT molecular complexity index is 1250.